The van der Waals surface area contributed by atoms with Gasteiger partial charge in [-0.05, 0) is 30.0 Å². The fraction of sp³-hybridized carbons (Fsp3) is 0.533. The number of amides is 1. The van der Waals surface area contributed by atoms with Crippen molar-refractivity contribution in [3.8, 4) is 0 Å². The number of benzene rings is 1. The zero-order valence-corrected chi connectivity index (χ0v) is 14.0. The first-order valence-electron chi connectivity index (χ1n) is 7.14. The van der Waals surface area contributed by atoms with Gasteiger partial charge in [0.1, 0.15) is 5.82 Å². The van der Waals surface area contributed by atoms with E-state index in [0.717, 1.165) is 16.1 Å². The number of halogens is 1. The second-order valence-electron chi connectivity index (χ2n) is 5.67. The Morgan fingerprint density at radius 2 is 1.86 bits per heavy atom. The summed E-state index contributed by atoms with van der Waals surface area (Å²) in [6.07, 6.45) is 1.50. The van der Waals surface area contributed by atoms with E-state index in [1.165, 1.54) is 12.1 Å². The van der Waals surface area contributed by atoms with E-state index >= 15 is 0 Å². The summed E-state index contributed by atoms with van der Waals surface area (Å²) in [5, 5.41) is 2.70. The molecule has 1 aromatic rings. The van der Waals surface area contributed by atoms with Crippen LogP contribution in [0.5, 0.6) is 0 Å². The molecule has 0 unspecified atom stereocenters. The molecule has 1 amide bonds. The minimum Gasteiger partial charge on any atom is -0.355 e. The summed E-state index contributed by atoms with van der Waals surface area (Å²) in [7, 11) is -3.48. The minimum absolute atomic E-state index is 0.180. The monoisotopic (exact) mass is 330 g/mol. The summed E-state index contributed by atoms with van der Waals surface area (Å²) in [4.78, 5) is 11.8. The van der Waals surface area contributed by atoms with E-state index in [4.69, 9.17) is 0 Å². The smallest absolute Gasteiger partial charge is 0.235 e. The molecule has 0 spiro atoms. The molecule has 0 saturated carbocycles. The lowest BCUT2D eigenvalue weighted by Crippen LogP contribution is -2.42. The minimum atomic E-state index is -3.48. The molecule has 0 atom stereocenters. The number of carbonyl (C=O) groups is 1. The zero-order valence-electron chi connectivity index (χ0n) is 13.2. The van der Waals surface area contributed by atoms with Crippen molar-refractivity contribution in [3.05, 3.63) is 35.6 Å². The van der Waals surface area contributed by atoms with E-state index in [9.17, 15) is 17.6 Å². The van der Waals surface area contributed by atoms with E-state index in [0.29, 0.717) is 18.9 Å². The van der Waals surface area contributed by atoms with Crippen LogP contribution < -0.4 is 5.32 Å². The van der Waals surface area contributed by atoms with Crippen molar-refractivity contribution in [2.24, 2.45) is 5.92 Å². The van der Waals surface area contributed by atoms with Gasteiger partial charge in [0, 0.05) is 13.1 Å². The molecule has 0 aromatic heterocycles. The predicted octanol–water partition coefficient (Wildman–Crippen LogP) is 1.40. The van der Waals surface area contributed by atoms with E-state index in [1.54, 1.807) is 12.1 Å². The van der Waals surface area contributed by atoms with Gasteiger partial charge in [-0.15, -0.1) is 0 Å². The van der Waals surface area contributed by atoms with Gasteiger partial charge in [-0.25, -0.2) is 12.8 Å². The number of hydrogen-bond acceptors (Lipinski definition) is 3. The fourth-order valence-corrected chi connectivity index (χ4v) is 2.58. The lowest BCUT2D eigenvalue weighted by atomic mass is 10.1. The summed E-state index contributed by atoms with van der Waals surface area (Å²) in [6, 6.07) is 5.87. The molecule has 1 rings (SSSR count). The second kappa shape index (κ2) is 8.24. The number of nitrogens with zero attached hydrogens (tertiary/aromatic N) is 1. The van der Waals surface area contributed by atoms with Crippen molar-refractivity contribution < 1.29 is 17.6 Å². The first-order valence-corrected chi connectivity index (χ1v) is 8.99. The average Bonchev–Trinajstić information content (AvgIpc) is 2.41. The Balaban J connectivity index is 2.62. The molecule has 22 heavy (non-hydrogen) atoms. The molecule has 0 aliphatic carbocycles. The van der Waals surface area contributed by atoms with E-state index in [2.05, 4.69) is 5.32 Å². The van der Waals surface area contributed by atoms with Crippen LogP contribution >= 0.6 is 0 Å². The maximum Gasteiger partial charge on any atom is 0.235 e. The van der Waals surface area contributed by atoms with Crippen molar-refractivity contribution in [2.45, 2.75) is 20.3 Å². The van der Waals surface area contributed by atoms with E-state index in [1.807, 2.05) is 13.8 Å². The maximum absolute atomic E-state index is 12.8. The van der Waals surface area contributed by atoms with Crippen LogP contribution in [-0.4, -0.2) is 44.5 Å². The largest absolute Gasteiger partial charge is 0.355 e. The van der Waals surface area contributed by atoms with Crippen LogP contribution in [-0.2, 0) is 21.2 Å². The van der Waals surface area contributed by atoms with Gasteiger partial charge >= 0.3 is 0 Å². The molecule has 0 saturated heterocycles. The normalized spacial score (nSPS) is 11.9. The third kappa shape index (κ3) is 7.00. The van der Waals surface area contributed by atoms with Crippen LogP contribution in [0.1, 0.15) is 19.4 Å². The molecule has 0 aliphatic rings. The number of carbonyl (C=O) groups excluding carboxylic acids is 1. The van der Waals surface area contributed by atoms with Gasteiger partial charge in [0.05, 0.1) is 12.8 Å². The predicted molar refractivity (Wildman–Crippen MR) is 84.4 cm³/mol. The molecule has 5 nitrogen and oxygen atoms in total. The molecule has 0 heterocycles. The van der Waals surface area contributed by atoms with Gasteiger partial charge in [-0.3, -0.25) is 4.79 Å². The third-order valence-electron chi connectivity index (χ3n) is 3.06. The van der Waals surface area contributed by atoms with Crippen LogP contribution in [0.15, 0.2) is 24.3 Å². The lowest BCUT2D eigenvalue weighted by molar-refractivity contribution is -0.121. The van der Waals surface area contributed by atoms with Crippen LogP contribution in [0, 0.1) is 11.7 Å². The van der Waals surface area contributed by atoms with Crippen molar-refractivity contribution in [3.63, 3.8) is 0 Å². The van der Waals surface area contributed by atoms with Gasteiger partial charge in [0.25, 0.3) is 0 Å². The topological polar surface area (TPSA) is 66.5 Å². The lowest BCUT2D eigenvalue weighted by Gasteiger charge is -2.20. The Morgan fingerprint density at radius 1 is 1.27 bits per heavy atom. The van der Waals surface area contributed by atoms with Gasteiger partial charge in [0.2, 0.25) is 15.9 Å². The Hall–Kier alpha value is -1.47. The number of nitrogens with one attached hydrogen (secondary N) is 1. The highest BCUT2D eigenvalue weighted by atomic mass is 32.2. The molecule has 0 bridgehead atoms. The molecular weight excluding hydrogens is 307 g/mol. The fourth-order valence-electron chi connectivity index (χ4n) is 1.80. The molecule has 124 valence electrons. The Labute approximate surface area is 131 Å². The first-order chi connectivity index (χ1) is 10.2. The molecule has 7 heteroatoms. The molecule has 1 aromatic carbocycles. The summed E-state index contributed by atoms with van der Waals surface area (Å²) in [6.45, 7) is 4.41. The van der Waals surface area contributed by atoms with Crippen molar-refractivity contribution in [1.82, 2.24) is 9.62 Å². The molecule has 1 N–H and O–H groups in total. The summed E-state index contributed by atoms with van der Waals surface area (Å²) in [5.74, 6) is -0.357. The quantitative estimate of drug-likeness (QED) is 0.783. The van der Waals surface area contributed by atoms with Gasteiger partial charge in [0.15, 0.2) is 0 Å². The summed E-state index contributed by atoms with van der Waals surface area (Å²) in [5.41, 5.74) is 0.817. The van der Waals surface area contributed by atoms with Crippen LogP contribution in [0.25, 0.3) is 0 Å². The Morgan fingerprint density at radius 3 is 2.36 bits per heavy atom. The van der Waals surface area contributed by atoms with Crippen LogP contribution in [0.3, 0.4) is 0 Å². The first kappa shape index (κ1) is 18.6. The van der Waals surface area contributed by atoms with Crippen LogP contribution in [0.2, 0.25) is 0 Å². The molecule has 0 fully saturated rings. The third-order valence-corrected chi connectivity index (χ3v) is 4.31. The van der Waals surface area contributed by atoms with Crippen molar-refractivity contribution in [1.29, 1.82) is 0 Å². The van der Waals surface area contributed by atoms with Gasteiger partial charge in [-0.2, -0.15) is 4.31 Å². The van der Waals surface area contributed by atoms with E-state index < -0.39 is 10.0 Å². The van der Waals surface area contributed by atoms with Crippen molar-refractivity contribution >= 4 is 15.9 Å². The zero-order chi connectivity index (χ0) is 16.8. The SMILES string of the molecule is CC(C)CNC(=O)CN(CCc1ccc(F)cc1)S(C)(=O)=O. The second-order valence-corrected chi connectivity index (χ2v) is 7.65. The number of rotatable bonds is 8. The highest BCUT2D eigenvalue weighted by Crippen LogP contribution is 2.06. The van der Waals surface area contributed by atoms with E-state index in [-0.39, 0.29) is 24.8 Å². The molecule has 0 radical (unpaired) electrons. The van der Waals surface area contributed by atoms with Crippen LogP contribution in [0.4, 0.5) is 4.39 Å². The summed E-state index contributed by atoms with van der Waals surface area (Å²) < 4.78 is 37.5. The van der Waals surface area contributed by atoms with Gasteiger partial charge < -0.3 is 5.32 Å². The highest BCUT2D eigenvalue weighted by Gasteiger charge is 2.19. The average molecular weight is 330 g/mol. The Bertz CT molecular complexity index is 585. The standard InChI is InChI=1S/C15H23FN2O3S/c1-12(2)10-17-15(19)11-18(22(3,20)21)9-8-13-4-6-14(16)7-5-13/h4-7,12H,8-11H2,1-3H3,(H,17,19). The molecule has 0 aliphatic heterocycles. The summed E-state index contributed by atoms with van der Waals surface area (Å²) >= 11 is 0. The number of sulfonamides is 1. The Kier molecular flexibility index (Phi) is 6.96. The molecular formula is C15H23FN2O3S. The van der Waals surface area contributed by atoms with Crippen molar-refractivity contribution in [2.75, 3.05) is 25.9 Å². The van der Waals surface area contributed by atoms with Gasteiger partial charge in [-0.1, -0.05) is 26.0 Å². The maximum atomic E-state index is 12.8. The number of hydrogen-bond donors (Lipinski definition) is 1. The highest BCUT2D eigenvalue weighted by molar-refractivity contribution is 7.88.